The first-order valence-electron chi connectivity index (χ1n) is 8.93. The highest BCUT2D eigenvalue weighted by molar-refractivity contribution is 7.89. The van der Waals surface area contributed by atoms with Crippen LogP contribution in [0.25, 0.3) is 0 Å². The van der Waals surface area contributed by atoms with Crippen molar-refractivity contribution in [2.75, 3.05) is 33.8 Å². The van der Waals surface area contributed by atoms with Gasteiger partial charge in [0.1, 0.15) is 5.75 Å². The lowest BCUT2D eigenvalue weighted by molar-refractivity contribution is -0.137. The molecule has 150 valence electrons. The number of hydrogen-bond donors (Lipinski definition) is 1. The molecule has 8 nitrogen and oxygen atoms in total. The van der Waals surface area contributed by atoms with Crippen molar-refractivity contribution in [2.24, 2.45) is 0 Å². The Kier molecular flexibility index (Phi) is 7.20. The van der Waals surface area contributed by atoms with E-state index in [1.165, 1.54) is 41.6 Å². The zero-order chi connectivity index (χ0) is 20.0. The Morgan fingerprint density at radius 3 is 2.37 bits per heavy atom. The van der Waals surface area contributed by atoms with Crippen molar-refractivity contribution >= 4 is 21.9 Å². The number of carbonyl (C=O) groups is 2. The normalized spacial score (nSPS) is 15.8. The van der Waals surface area contributed by atoms with Gasteiger partial charge in [0, 0.05) is 26.7 Å². The van der Waals surface area contributed by atoms with E-state index in [0.29, 0.717) is 13.1 Å². The molecule has 0 radical (unpaired) electrons. The Labute approximate surface area is 159 Å². The SMILES string of the molecule is COc1ccc(S(=O)(=O)N2CCCCCC2)cc1C(=O)N(C)CCC(=O)O. The Hall–Kier alpha value is -2.13. The van der Waals surface area contributed by atoms with Gasteiger partial charge in [-0.3, -0.25) is 9.59 Å². The Morgan fingerprint density at radius 2 is 1.81 bits per heavy atom. The average Bonchev–Trinajstić information content (AvgIpc) is 2.94. The lowest BCUT2D eigenvalue weighted by Crippen LogP contribution is -2.32. The molecular weight excluding hydrogens is 372 g/mol. The van der Waals surface area contributed by atoms with E-state index in [9.17, 15) is 18.0 Å². The maximum Gasteiger partial charge on any atom is 0.305 e. The summed E-state index contributed by atoms with van der Waals surface area (Å²) in [5, 5.41) is 8.79. The minimum absolute atomic E-state index is 0.0143. The fourth-order valence-corrected chi connectivity index (χ4v) is 4.56. The molecule has 1 aromatic carbocycles. The molecule has 0 spiro atoms. The quantitative estimate of drug-likeness (QED) is 0.751. The first-order valence-corrected chi connectivity index (χ1v) is 10.4. The summed E-state index contributed by atoms with van der Waals surface area (Å²) >= 11 is 0. The van der Waals surface area contributed by atoms with Gasteiger partial charge in [-0.2, -0.15) is 4.31 Å². The fourth-order valence-electron chi connectivity index (χ4n) is 3.02. The van der Waals surface area contributed by atoms with Crippen molar-refractivity contribution in [2.45, 2.75) is 37.0 Å². The Morgan fingerprint density at radius 1 is 1.19 bits per heavy atom. The number of carbonyl (C=O) groups excluding carboxylic acids is 1. The van der Waals surface area contributed by atoms with Crippen LogP contribution in [0.15, 0.2) is 23.1 Å². The molecule has 1 fully saturated rings. The van der Waals surface area contributed by atoms with Crippen LogP contribution in [-0.2, 0) is 14.8 Å². The summed E-state index contributed by atoms with van der Waals surface area (Å²) in [6, 6.07) is 4.22. The molecular formula is C18H26N2O6S. The topological polar surface area (TPSA) is 104 Å². The van der Waals surface area contributed by atoms with Crippen LogP contribution in [-0.4, -0.2) is 68.4 Å². The van der Waals surface area contributed by atoms with Crippen molar-refractivity contribution in [1.82, 2.24) is 9.21 Å². The first-order chi connectivity index (χ1) is 12.8. The number of rotatable bonds is 7. The van der Waals surface area contributed by atoms with E-state index in [2.05, 4.69) is 0 Å². The smallest absolute Gasteiger partial charge is 0.305 e. The van der Waals surface area contributed by atoms with Gasteiger partial charge in [-0.05, 0) is 31.0 Å². The van der Waals surface area contributed by atoms with E-state index in [1.54, 1.807) is 0 Å². The average molecular weight is 398 g/mol. The third-order valence-electron chi connectivity index (χ3n) is 4.61. The van der Waals surface area contributed by atoms with Crippen molar-refractivity contribution in [3.05, 3.63) is 23.8 Å². The van der Waals surface area contributed by atoms with Crippen LogP contribution < -0.4 is 4.74 Å². The molecule has 0 atom stereocenters. The summed E-state index contributed by atoms with van der Waals surface area (Å²) in [4.78, 5) is 24.7. The van der Waals surface area contributed by atoms with Crippen LogP contribution in [0, 0.1) is 0 Å². The second-order valence-corrected chi connectivity index (χ2v) is 8.49. The van der Waals surface area contributed by atoms with Gasteiger partial charge in [0.2, 0.25) is 10.0 Å². The summed E-state index contributed by atoms with van der Waals surface area (Å²) < 4.78 is 32.6. The van der Waals surface area contributed by atoms with E-state index < -0.39 is 21.9 Å². The third-order valence-corrected chi connectivity index (χ3v) is 6.51. The van der Waals surface area contributed by atoms with Crippen LogP contribution in [0.3, 0.4) is 0 Å². The number of sulfonamides is 1. The van der Waals surface area contributed by atoms with Gasteiger partial charge < -0.3 is 14.7 Å². The van der Waals surface area contributed by atoms with E-state index >= 15 is 0 Å². The largest absolute Gasteiger partial charge is 0.496 e. The van der Waals surface area contributed by atoms with Crippen molar-refractivity contribution in [3.8, 4) is 5.75 Å². The predicted octanol–water partition coefficient (Wildman–Crippen LogP) is 1.81. The number of nitrogens with zero attached hydrogens (tertiary/aromatic N) is 2. The summed E-state index contributed by atoms with van der Waals surface area (Å²) in [6.45, 7) is 0.951. The van der Waals surface area contributed by atoms with E-state index in [4.69, 9.17) is 9.84 Å². The van der Waals surface area contributed by atoms with Gasteiger partial charge in [-0.25, -0.2) is 8.42 Å². The third kappa shape index (κ3) is 5.20. The highest BCUT2D eigenvalue weighted by Gasteiger charge is 2.27. The van der Waals surface area contributed by atoms with E-state index in [-0.39, 0.29) is 29.2 Å². The highest BCUT2D eigenvalue weighted by Crippen LogP contribution is 2.27. The van der Waals surface area contributed by atoms with Gasteiger partial charge in [0.05, 0.1) is 24.0 Å². The number of aliphatic carboxylic acids is 1. The summed E-state index contributed by atoms with van der Waals surface area (Å²) in [5.74, 6) is -1.25. The second kappa shape index (κ2) is 9.18. The number of carboxylic acid groups (broad SMARTS) is 1. The number of ether oxygens (including phenoxy) is 1. The molecule has 1 aromatic rings. The molecule has 0 bridgehead atoms. The molecule has 1 aliphatic rings. The highest BCUT2D eigenvalue weighted by atomic mass is 32.2. The van der Waals surface area contributed by atoms with Crippen LogP contribution in [0.4, 0.5) is 0 Å². The van der Waals surface area contributed by atoms with Gasteiger partial charge in [-0.1, -0.05) is 12.8 Å². The molecule has 1 N–H and O–H groups in total. The molecule has 1 aliphatic heterocycles. The van der Waals surface area contributed by atoms with E-state index in [0.717, 1.165) is 25.7 Å². The van der Waals surface area contributed by atoms with Crippen molar-refractivity contribution in [3.63, 3.8) is 0 Å². The zero-order valence-electron chi connectivity index (χ0n) is 15.7. The fraction of sp³-hybridized carbons (Fsp3) is 0.556. The maximum absolute atomic E-state index is 13.0. The molecule has 0 aromatic heterocycles. The van der Waals surface area contributed by atoms with Gasteiger partial charge in [0.25, 0.3) is 5.91 Å². The molecule has 9 heteroatoms. The van der Waals surface area contributed by atoms with E-state index in [1.807, 2.05) is 0 Å². The standard InChI is InChI=1S/C18H26N2O6S/c1-19(12-9-17(21)22)18(23)15-13-14(7-8-16(15)26-2)27(24,25)20-10-5-3-4-6-11-20/h7-8,13H,3-6,9-12H2,1-2H3,(H,21,22). The van der Waals surface area contributed by atoms with Gasteiger partial charge in [-0.15, -0.1) is 0 Å². The van der Waals surface area contributed by atoms with Crippen molar-refractivity contribution in [1.29, 1.82) is 0 Å². The van der Waals surface area contributed by atoms with Gasteiger partial charge >= 0.3 is 5.97 Å². The molecule has 0 unspecified atom stereocenters. The molecule has 2 rings (SSSR count). The molecule has 1 saturated heterocycles. The summed E-state index contributed by atoms with van der Waals surface area (Å²) in [6.07, 6.45) is 3.45. The minimum atomic E-state index is -3.70. The zero-order valence-corrected chi connectivity index (χ0v) is 16.5. The lowest BCUT2D eigenvalue weighted by atomic mass is 10.1. The molecule has 1 amide bonds. The second-order valence-electron chi connectivity index (χ2n) is 6.55. The number of hydrogen-bond acceptors (Lipinski definition) is 5. The minimum Gasteiger partial charge on any atom is -0.496 e. The number of methoxy groups -OCH3 is 1. The van der Waals surface area contributed by atoms with Crippen LogP contribution in [0.2, 0.25) is 0 Å². The van der Waals surface area contributed by atoms with Crippen LogP contribution in [0.5, 0.6) is 5.75 Å². The van der Waals surface area contributed by atoms with Crippen LogP contribution >= 0.6 is 0 Å². The Bertz CT molecular complexity index is 785. The predicted molar refractivity (Wildman–Crippen MR) is 99.4 cm³/mol. The first kappa shape index (κ1) is 21.2. The number of carboxylic acids is 1. The number of amides is 1. The molecule has 27 heavy (non-hydrogen) atoms. The van der Waals surface area contributed by atoms with Gasteiger partial charge in [0.15, 0.2) is 0 Å². The lowest BCUT2D eigenvalue weighted by Gasteiger charge is -2.22. The summed E-state index contributed by atoms with van der Waals surface area (Å²) in [5.41, 5.74) is 0.0984. The maximum atomic E-state index is 13.0. The summed E-state index contributed by atoms with van der Waals surface area (Å²) in [7, 11) is -0.837. The molecule has 0 aliphatic carbocycles. The number of benzene rings is 1. The van der Waals surface area contributed by atoms with Crippen molar-refractivity contribution < 1.29 is 27.9 Å². The Balaban J connectivity index is 2.33. The monoisotopic (exact) mass is 398 g/mol. The molecule has 1 heterocycles. The molecule has 0 saturated carbocycles. The van der Waals surface area contributed by atoms with Crippen LogP contribution in [0.1, 0.15) is 42.5 Å².